The van der Waals surface area contributed by atoms with Crippen LogP contribution in [0.5, 0.6) is 0 Å². The van der Waals surface area contributed by atoms with E-state index in [4.69, 9.17) is 0 Å². The Morgan fingerprint density at radius 3 is 2.50 bits per heavy atom. The van der Waals surface area contributed by atoms with Gasteiger partial charge in [-0.05, 0) is 32.3 Å². The van der Waals surface area contributed by atoms with E-state index < -0.39 is 0 Å². The average Bonchev–Trinajstić information content (AvgIpc) is 2.18. The molecule has 0 N–H and O–H groups in total. The molecular formula is C14H18. The molecule has 0 radical (unpaired) electrons. The molecule has 0 aliphatic carbocycles. The Morgan fingerprint density at radius 2 is 1.86 bits per heavy atom. The van der Waals surface area contributed by atoms with Crippen LogP contribution in [-0.2, 0) is 6.42 Å². The zero-order valence-electron chi connectivity index (χ0n) is 9.03. The smallest absolute Gasteiger partial charge is 0.0244 e. The number of rotatable bonds is 4. The third kappa shape index (κ3) is 4.66. The van der Waals surface area contributed by atoms with E-state index in [0.29, 0.717) is 0 Å². The van der Waals surface area contributed by atoms with E-state index in [-0.39, 0.29) is 0 Å². The molecule has 14 heavy (non-hydrogen) atoms. The van der Waals surface area contributed by atoms with Crippen molar-refractivity contribution in [3.05, 3.63) is 59.7 Å². The lowest BCUT2D eigenvalue weighted by Crippen LogP contribution is -1.80. The monoisotopic (exact) mass is 186 g/mol. The first-order valence-corrected chi connectivity index (χ1v) is 5.13. The molecule has 0 fully saturated rings. The summed E-state index contributed by atoms with van der Waals surface area (Å²) >= 11 is 0. The van der Waals surface area contributed by atoms with E-state index in [1.54, 1.807) is 0 Å². The van der Waals surface area contributed by atoms with E-state index in [2.05, 4.69) is 62.4 Å². The second kappa shape index (κ2) is 6.20. The third-order valence-electron chi connectivity index (χ3n) is 2.01. The number of hydrogen-bond acceptors (Lipinski definition) is 0. The maximum atomic E-state index is 2.22. The Bertz CT molecular complexity index is 300. The summed E-state index contributed by atoms with van der Waals surface area (Å²) in [7, 11) is 0. The van der Waals surface area contributed by atoms with Crippen LogP contribution in [0.25, 0.3) is 0 Å². The molecule has 0 heterocycles. The lowest BCUT2D eigenvalue weighted by molar-refractivity contribution is 1.00. The fourth-order valence-corrected chi connectivity index (χ4v) is 1.25. The molecule has 1 aromatic rings. The summed E-state index contributed by atoms with van der Waals surface area (Å²) in [6.45, 7) is 4.23. The van der Waals surface area contributed by atoms with Crippen LogP contribution in [-0.4, -0.2) is 0 Å². The summed E-state index contributed by atoms with van der Waals surface area (Å²) < 4.78 is 0. The molecular weight excluding hydrogens is 168 g/mol. The van der Waals surface area contributed by atoms with Gasteiger partial charge in [0.15, 0.2) is 0 Å². The van der Waals surface area contributed by atoms with E-state index >= 15 is 0 Å². The first-order valence-electron chi connectivity index (χ1n) is 5.13. The Kier molecular flexibility index (Phi) is 4.77. The molecule has 0 nitrogen and oxygen atoms in total. The first-order chi connectivity index (χ1) is 6.79. The van der Waals surface area contributed by atoms with E-state index in [0.717, 1.165) is 12.8 Å². The molecule has 1 aromatic carbocycles. The van der Waals surface area contributed by atoms with Crippen molar-refractivity contribution in [3.8, 4) is 0 Å². The predicted octanol–water partition coefficient (Wildman–Crippen LogP) is 4.14. The lowest BCUT2D eigenvalue weighted by atomic mass is 10.1. The molecule has 0 saturated carbocycles. The minimum Gasteiger partial charge on any atom is -0.0842 e. The zero-order valence-corrected chi connectivity index (χ0v) is 9.03. The van der Waals surface area contributed by atoms with Crippen LogP contribution in [0, 0.1) is 0 Å². The summed E-state index contributed by atoms with van der Waals surface area (Å²) in [6.07, 6.45) is 8.75. The minimum atomic E-state index is 1.12. The number of hydrogen-bond donors (Lipinski definition) is 0. The molecule has 0 heteroatoms. The molecule has 0 atom stereocenters. The summed E-state index contributed by atoms with van der Waals surface area (Å²) in [5.41, 5.74) is 2.76. The van der Waals surface area contributed by atoms with Gasteiger partial charge in [-0.15, -0.1) is 0 Å². The Labute approximate surface area is 87.0 Å². The first kappa shape index (κ1) is 10.8. The van der Waals surface area contributed by atoms with Crippen molar-refractivity contribution in [1.29, 1.82) is 0 Å². The van der Waals surface area contributed by atoms with Crippen LogP contribution in [0.15, 0.2) is 54.1 Å². The molecule has 0 aromatic heterocycles. The lowest BCUT2D eigenvalue weighted by Gasteiger charge is -1.95. The number of benzene rings is 1. The largest absolute Gasteiger partial charge is 0.0842 e. The van der Waals surface area contributed by atoms with Gasteiger partial charge in [0, 0.05) is 0 Å². The highest BCUT2D eigenvalue weighted by atomic mass is 13.9. The van der Waals surface area contributed by atoms with Crippen molar-refractivity contribution in [1.82, 2.24) is 0 Å². The highest BCUT2D eigenvalue weighted by Crippen LogP contribution is 2.02. The van der Waals surface area contributed by atoms with Gasteiger partial charge in [-0.3, -0.25) is 0 Å². The summed E-state index contributed by atoms with van der Waals surface area (Å²) in [5, 5.41) is 0. The molecule has 0 aliphatic heterocycles. The van der Waals surface area contributed by atoms with Crippen LogP contribution in [0.2, 0.25) is 0 Å². The zero-order chi connectivity index (χ0) is 10.2. The van der Waals surface area contributed by atoms with Crippen molar-refractivity contribution in [2.45, 2.75) is 26.7 Å². The highest BCUT2D eigenvalue weighted by Gasteiger charge is 1.87. The van der Waals surface area contributed by atoms with Crippen LogP contribution in [0.1, 0.15) is 25.8 Å². The van der Waals surface area contributed by atoms with Crippen molar-refractivity contribution >= 4 is 0 Å². The normalized spacial score (nSPS) is 10.4. The van der Waals surface area contributed by atoms with Crippen LogP contribution >= 0.6 is 0 Å². The molecule has 0 aliphatic rings. The standard InChI is InChI=1S/C14H18/c1-13(2)9-5-3-6-10-14-11-7-4-8-12-14/h3-5,7-9,11-12H,6,10H2,1-2H3/b5-3-. The van der Waals surface area contributed by atoms with Crippen LogP contribution in [0.4, 0.5) is 0 Å². The minimum absolute atomic E-state index is 1.12. The highest BCUT2D eigenvalue weighted by molar-refractivity contribution is 5.16. The molecule has 0 spiro atoms. The van der Waals surface area contributed by atoms with Crippen LogP contribution < -0.4 is 0 Å². The molecule has 0 amide bonds. The SMILES string of the molecule is CC(C)=C/C=C\CCc1ccccc1. The maximum absolute atomic E-state index is 2.22. The van der Waals surface area contributed by atoms with Gasteiger partial charge in [0.05, 0.1) is 0 Å². The fourth-order valence-electron chi connectivity index (χ4n) is 1.25. The summed E-state index contributed by atoms with van der Waals surface area (Å²) in [6, 6.07) is 10.6. The van der Waals surface area contributed by atoms with Crippen molar-refractivity contribution in [3.63, 3.8) is 0 Å². The third-order valence-corrected chi connectivity index (χ3v) is 2.01. The molecule has 1 rings (SSSR count). The summed E-state index contributed by atoms with van der Waals surface area (Å²) in [5.74, 6) is 0. The van der Waals surface area contributed by atoms with Crippen molar-refractivity contribution < 1.29 is 0 Å². The van der Waals surface area contributed by atoms with Gasteiger partial charge in [0.25, 0.3) is 0 Å². The van der Waals surface area contributed by atoms with E-state index in [9.17, 15) is 0 Å². The van der Waals surface area contributed by atoms with E-state index in [1.807, 2.05) is 0 Å². The van der Waals surface area contributed by atoms with Gasteiger partial charge in [-0.1, -0.05) is 54.1 Å². The second-order valence-corrected chi connectivity index (χ2v) is 3.70. The predicted molar refractivity (Wildman–Crippen MR) is 63.3 cm³/mol. The molecule has 74 valence electrons. The van der Waals surface area contributed by atoms with Gasteiger partial charge >= 0.3 is 0 Å². The molecule has 0 unspecified atom stereocenters. The topological polar surface area (TPSA) is 0 Å². The Hall–Kier alpha value is -1.30. The Balaban J connectivity index is 2.29. The van der Waals surface area contributed by atoms with Crippen molar-refractivity contribution in [2.75, 3.05) is 0 Å². The molecule has 0 bridgehead atoms. The fraction of sp³-hybridized carbons (Fsp3) is 0.286. The second-order valence-electron chi connectivity index (χ2n) is 3.70. The quantitative estimate of drug-likeness (QED) is 0.620. The van der Waals surface area contributed by atoms with Crippen LogP contribution in [0.3, 0.4) is 0 Å². The summed E-state index contributed by atoms with van der Waals surface area (Å²) in [4.78, 5) is 0. The average molecular weight is 186 g/mol. The Morgan fingerprint density at radius 1 is 1.14 bits per heavy atom. The maximum Gasteiger partial charge on any atom is -0.0244 e. The van der Waals surface area contributed by atoms with Gasteiger partial charge in [-0.2, -0.15) is 0 Å². The van der Waals surface area contributed by atoms with Gasteiger partial charge in [0.1, 0.15) is 0 Å². The van der Waals surface area contributed by atoms with Crippen molar-refractivity contribution in [2.24, 2.45) is 0 Å². The number of allylic oxidation sites excluding steroid dienone is 4. The number of aryl methyl sites for hydroxylation is 1. The van der Waals surface area contributed by atoms with Gasteiger partial charge < -0.3 is 0 Å². The van der Waals surface area contributed by atoms with E-state index in [1.165, 1.54) is 11.1 Å². The van der Waals surface area contributed by atoms with Gasteiger partial charge in [-0.25, -0.2) is 0 Å². The van der Waals surface area contributed by atoms with Gasteiger partial charge in [0.2, 0.25) is 0 Å². The molecule has 0 saturated heterocycles.